The van der Waals surface area contributed by atoms with Crippen molar-refractivity contribution in [1.29, 1.82) is 0 Å². The molecule has 1 aliphatic carbocycles. The maximum absolute atomic E-state index is 6.27. The summed E-state index contributed by atoms with van der Waals surface area (Å²) >= 11 is 0. The van der Waals surface area contributed by atoms with E-state index in [2.05, 4.69) is 105 Å². The minimum Gasteiger partial charge on any atom is -0.456 e. The van der Waals surface area contributed by atoms with Gasteiger partial charge in [-0.25, -0.2) is 15.0 Å². The molecule has 1 aliphatic rings. The molecule has 0 radical (unpaired) electrons. The number of benzene rings is 7. The quantitative estimate of drug-likeness (QED) is 0.183. The van der Waals surface area contributed by atoms with Crippen LogP contribution >= 0.6 is 0 Å². The first-order valence-corrected chi connectivity index (χ1v) is 17.7. The molecule has 0 saturated heterocycles. The van der Waals surface area contributed by atoms with Gasteiger partial charge in [-0.15, -0.1) is 0 Å². The van der Waals surface area contributed by atoms with E-state index in [-0.39, 0.29) is 5.41 Å². The van der Waals surface area contributed by atoms with Gasteiger partial charge in [0.2, 0.25) is 0 Å². The number of nitrogens with zero attached hydrogens (tertiary/aromatic N) is 3. The molecule has 0 bridgehead atoms. The molecule has 9 aromatic rings. The van der Waals surface area contributed by atoms with Gasteiger partial charge in [-0.1, -0.05) is 153 Å². The molecule has 52 heavy (non-hydrogen) atoms. The van der Waals surface area contributed by atoms with Crippen molar-refractivity contribution in [2.45, 2.75) is 19.3 Å². The van der Waals surface area contributed by atoms with Gasteiger partial charge < -0.3 is 4.42 Å². The van der Waals surface area contributed by atoms with E-state index in [1.807, 2.05) is 72.8 Å². The lowest BCUT2D eigenvalue weighted by Crippen LogP contribution is -2.14. The summed E-state index contributed by atoms with van der Waals surface area (Å²) in [6.07, 6.45) is 0. The molecule has 0 N–H and O–H groups in total. The van der Waals surface area contributed by atoms with E-state index in [0.717, 1.165) is 44.4 Å². The largest absolute Gasteiger partial charge is 0.456 e. The van der Waals surface area contributed by atoms with E-state index in [1.165, 1.54) is 38.8 Å². The zero-order valence-corrected chi connectivity index (χ0v) is 28.8. The standard InChI is InChI=1S/C48H33N3O/c1-48(2)41-26-25-36(27-38(41)39-28-40-37-15-9-10-16-43(37)52-44(40)29-42(39)48)32-19-17-30(18-20-32)31-21-23-35(24-22-31)47-50-45(33-11-5-3-6-12-33)49-46(51-47)34-13-7-4-8-14-34/h3-29H,1-2H3. The number of fused-ring (bicyclic) bond motifs is 6. The molecule has 0 aliphatic heterocycles. The summed E-state index contributed by atoms with van der Waals surface area (Å²) in [5, 5.41) is 2.33. The van der Waals surface area contributed by atoms with Crippen LogP contribution < -0.4 is 0 Å². The van der Waals surface area contributed by atoms with Crippen molar-refractivity contribution in [3.63, 3.8) is 0 Å². The van der Waals surface area contributed by atoms with Crippen LogP contribution in [0.25, 0.3) is 89.5 Å². The lowest BCUT2D eigenvalue weighted by molar-refractivity contribution is 0.647. The summed E-state index contributed by atoms with van der Waals surface area (Å²) in [4.78, 5) is 14.6. The highest BCUT2D eigenvalue weighted by Gasteiger charge is 2.36. The van der Waals surface area contributed by atoms with Crippen LogP contribution in [0.4, 0.5) is 0 Å². The van der Waals surface area contributed by atoms with Crippen LogP contribution in [0.2, 0.25) is 0 Å². The second-order valence-corrected chi connectivity index (χ2v) is 14.1. The number of furan rings is 1. The van der Waals surface area contributed by atoms with E-state index < -0.39 is 0 Å². The molecule has 246 valence electrons. The van der Waals surface area contributed by atoms with Gasteiger partial charge in [0.1, 0.15) is 11.2 Å². The van der Waals surface area contributed by atoms with Gasteiger partial charge in [0, 0.05) is 32.9 Å². The molecule has 2 heterocycles. The number of para-hydroxylation sites is 1. The summed E-state index contributed by atoms with van der Waals surface area (Å²) in [7, 11) is 0. The smallest absolute Gasteiger partial charge is 0.164 e. The predicted molar refractivity (Wildman–Crippen MR) is 212 cm³/mol. The van der Waals surface area contributed by atoms with Crippen LogP contribution in [0, 0.1) is 0 Å². The summed E-state index contributed by atoms with van der Waals surface area (Å²) in [5.41, 5.74) is 14.6. The average molecular weight is 668 g/mol. The Morgan fingerprint density at radius 1 is 0.365 bits per heavy atom. The normalized spacial score (nSPS) is 13.0. The predicted octanol–water partition coefficient (Wildman–Crippen LogP) is 12.4. The maximum atomic E-state index is 6.27. The van der Waals surface area contributed by atoms with Crippen molar-refractivity contribution in [2.75, 3.05) is 0 Å². The average Bonchev–Trinajstić information content (AvgIpc) is 3.68. The molecule has 2 aromatic heterocycles. The molecule has 0 atom stereocenters. The monoisotopic (exact) mass is 667 g/mol. The number of hydrogen-bond donors (Lipinski definition) is 0. The number of hydrogen-bond acceptors (Lipinski definition) is 4. The lowest BCUT2D eigenvalue weighted by atomic mass is 9.82. The Morgan fingerprint density at radius 3 is 1.42 bits per heavy atom. The first-order chi connectivity index (χ1) is 25.5. The minimum atomic E-state index is -0.111. The molecule has 0 saturated carbocycles. The van der Waals surface area contributed by atoms with Gasteiger partial charge >= 0.3 is 0 Å². The molecule has 0 spiro atoms. The maximum Gasteiger partial charge on any atom is 0.164 e. The van der Waals surface area contributed by atoms with E-state index >= 15 is 0 Å². The number of rotatable bonds is 5. The van der Waals surface area contributed by atoms with Gasteiger partial charge in [-0.2, -0.15) is 0 Å². The van der Waals surface area contributed by atoms with Gasteiger partial charge in [-0.3, -0.25) is 0 Å². The SMILES string of the molecule is CC1(C)c2ccc(-c3ccc(-c4ccc(-c5nc(-c6ccccc6)nc(-c6ccccc6)n5)cc4)cc3)cc2-c2cc3c(cc21)oc1ccccc13. The second kappa shape index (κ2) is 11.7. The van der Waals surface area contributed by atoms with E-state index in [9.17, 15) is 0 Å². The fourth-order valence-electron chi connectivity index (χ4n) is 7.75. The highest BCUT2D eigenvalue weighted by molar-refractivity contribution is 6.07. The first kappa shape index (κ1) is 30.2. The Hall–Kier alpha value is -6.65. The van der Waals surface area contributed by atoms with E-state index in [4.69, 9.17) is 19.4 Å². The third kappa shape index (κ3) is 4.95. The third-order valence-electron chi connectivity index (χ3n) is 10.6. The fraction of sp³-hybridized carbons (Fsp3) is 0.0625. The van der Waals surface area contributed by atoms with E-state index in [0.29, 0.717) is 17.5 Å². The first-order valence-electron chi connectivity index (χ1n) is 17.7. The Labute approximate surface area is 302 Å². The Kier molecular flexibility index (Phi) is 6.80. The third-order valence-corrected chi connectivity index (χ3v) is 10.6. The van der Waals surface area contributed by atoms with Crippen LogP contribution in [0.3, 0.4) is 0 Å². The van der Waals surface area contributed by atoms with Gasteiger partial charge in [0.25, 0.3) is 0 Å². The van der Waals surface area contributed by atoms with Crippen molar-refractivity contribution >= 4 is 21.9 Å². The Bertz CT molecular complexity index is 2720. The van der Waals surface area contributed by atoms with Crippen molar-refractivity contribution in [3.8, 4) is 67.5 Å². The summed E-state index contributed by atoms with van der Waals surface area (Å²) < 4.78 is 6.27. The number of aromatic nitrogens is 3. The van der Waals surface area contributed by atoms with Gasteiger partial charge in [0.05, 0.1) is 0 Å². The fourth-order valence-corrected chi connectivity index (χ4v) is 7.75. The molecule has 4 heteroatoms. The van der Waals surface area contributed by atoms with Crippen molar-refractivity contribution < 1.29 is 4.42 Å². The van der Waals surface area contributed by atoms with Gasteiger partial charge in [0.15, 0.2) is 17.5 Å². The Balaban J connectivity index is 0.965. The topological polar surface area (TPSA) is 51.8 Å². The highest BCUT2D eigenvalue weighted by Crippen LogP contribution is 2.51. The van der Waals surface area contributed by atoms with Gasteiger partial charge in [-0.05, 0) is 68.8 Å². The van der Waals surface area contributed by atoms with Crippen molar-refractivity contribution in [3.05, 3.63) is 175 Å². The molecular weight excluding hydrogens is 635 g/mol. The van der Waals surface area contributed by atoms with E-state index in [1.54, 1.807) is 0 Å². The van der Waals surface area contributed by atoms with Crippen molar-refractivity contribution in [2.24, 2.45) is 0 Å². The Morgan fingerprint density at radius 2 is 0.827 bits per heavy atom. The van der Waals surface area contributed by atoms with Crippen LogP contribution in [-0.4, -0.2) is 15.0 Å². The minimum absolute atomic E-state index is 0.111. The molecule has 0 unspecified atom stereocenters. The second-order valence-electron chi connectivity index (χ2n) is 14.1. The van der Waals surface area contributed by atoms with Crippen LogP contribution in [0.5, 0.6) is 0 Å². The van der Waals surface area contributed by atoms with Crippen LogP contribution in [0.1, 0.15) is 25.0 Å². The molecule has 0 fully saturated rings. The molecule has 7 aromatic carbocycles. The zero-order chi connectivity index (χ0) is 34.8. The van der Waals surface area contributed by atoms with Crippen LogP contribution in [0.15, 0.2) is 168 Å². The molecule has 4 nitrogen and oxygen atoms in total. The van der Waals surface area contributed by atoms with Crippen LogP contribution in [-0.2, 0) is 5.41 Å². The lowest BCUT2D eigenvalue weighted by Gasteiger charge is -2.21. The summed E-state index contributed by atoms with van der Waals surface area (Å²) in [6, 6.07) is 57.3. The summed E-state index contributed by atoms with van der Waals surface area (Å²) in [5.74, 6) is 1.97. The summed E-state index contributed by atoms with van der Waals surface area (Å²) in [6.45, 7) is 4.63. The zero-order valence-electron chi connectivity index (χ0n) is 28.8. The molecule has 0 amide bonds. The van der Waals surface area contributed by atoms with Crippen molar-refractivity contribution in [1.82, 2.24) is 15.0 Å². The molecular formula is C48H33N3O. The molecule has 10 rings (SSSR count). The highest BCUT2D eigenvalue weighted by atomic mass is 16.3.